The van der Waals surface area contributed by atoms with E-state index in [1.807, 2.05) is 0 Å². The Morgan fingerprint density at radius 3 is 2.68 bits per heavy atom. The predicted molar refractivity (Wildman–Crippen MR) is 76.4 cm³/mol. The maximum absolute atomic E-state index is 10.0. The van der Waals surface area contributed by atoms with Gasteiger partial charge >= 0.3 is 0 Å². The van der Waals surface area contributed by atoms with Gasteiger partial charge in [-0.15, -0.1) is 0 Å². The lowest BCUT2D eigenvalue weighted by molar-refractivity contribution is 0.0145. The van der Waals surface area contributed by atoms with Crippen LogP contribution in [0.4, 0.5) is 0 Å². The summed E-state index contributed by atoms with van der Waals surface area (Å²) in [6.07, 6.45) is 0.715. The third-order valence-corrected chi connectivity index (χ3v) is 3.54. The normalized spacial score (nSPS) is 19.6. The van der Waals surface area contributed by atoms with Gasteiger partial charge in [0.1, 0.15) is 0 Å². The third kappa shape index (κ3) is 7.84. The molecule has 0 spiro atoms. The quantitative estimate of drug-likeness (QED) is 0.635. The molecule has 114 valence electrons. The number of rotatable bonds is 9. The Balaban J connectivity index is 2.10. The minimum absolute atomic E-state index is 0.203. The van der Waals surface area contributed by atoms with E-state index >= 15 is 0 Å². The Morgan fingerprint density at radius 2 is 2.05 bits per heavy atom. The smallest absolute Gasteiger partial charge is 0.0791 e. The van der Waals surface area contributed by atoms with E-state index in [1.165, 1.54) is 0 Å². The van der Waals surface area contributed by atoms with Crippen molar-refractivity contribution < 1.29 is 14.6 Å². The molecule has 2 N–H and O–H groups in total. The van der Waals surface area contributed by atoms with Crippen molar-refractivity contribution in [2.45, 2.75) is 26.4 Å². The maximum Gasteiger partial charge on any atom is 0.0791 e. The van der Waals surface area contributed by atoms with Crippen molar-refractivity contribution in [2.75, 3.05) is 59.7 Å². The topological polar surface area (TPSA) is 54.0 Å². The number of aliphatic hydroxyl groups excluding tert-OH is 1. The summed E-state index contributed by atoms with van der Waals surface area (Å²) in [5.74, 6) is 0. The fourth-order valence-electron chi connectivity index (χ4n) is 2.19. The molecule has 0 aromatic carbocycles. The first-order chi connectivity index (χ1) is 9.03. The van der Waals surface area contributed by atoms with Crippen molar-refractivity contribution in [1.29, 1.82) is 0 Å². The molecule has 1 atom stereocenters. The first kappa shape index (κ1) is 16.9. The Morgan fingerprint density at radius 1 is 1.37 bits per heavy atom. The lowest BCUT2D eigenvalue weighted by atomic mass is 9.90. The Hall–Kier alpha value is -0.200. The molecule has 19 heavy (non-hydrogen) atoms. The van der Waals surface area contributed by atoms with Crippen LogP contribution in [0.3, 0.4) is 0 Å². The van der Waals surface area contributed by atoms with Crippen LogP contribution in [-0.2, 0) is 9.47 Å². The Kier molecular flexibility index (Phi) is 7.87. The number of β-amino-alcohol motifs (C(OH)–C–C–N with tert-alkyl or cyclic N) is 1. The van der Waals surface area contributed by atoms with Gasteiger partial charge in [0.25, 0.3) is 0 Å². The standard InChI is InChI=1S/C14H30N2O3/c1-14(2,4-7-18-3)12-15-10-13(17)11-16-5-8-19-9-6-16/h13,15,17H,4-12H2,1-3H3. The van der Waals surface area contributed by atoms with Crippen LogP contribution in [0.2, 0.25) is 0 Å². The fraction of sp³-hybridized carbons (Fsp3) is 1.00. The number of hydrogen-bond donors (Lipinski definition) is 2. The van der Waals surface area contributed by atoms with Crippen LogP contribution in [0.15, 0.2) is 0 Å². The van der Waals surface area contributed by atoms with Gasteiger partial charge in [0.05, 0.1) is 19.3 Å². The molecule has 0 aliphatic carbocycles. The van der Waals surface area contributed by atoms with Gasteiger partial charge < -0.3 is 19.9 Å². The summed E-state index contributed by atoms with van der Waals surface area (Å²) in [5.41, 5.74) is 0.203. The Labute approximate surface area is 117 Å². The number of nitrogens with zero attached hydrogens (tertiary/aromatic N) is 1. The molecule has 1 unspecified atom stereocenters. The molecule has 1 heterocycles. The fourth-order valence-corrected chi connectivity index (χ4v) is 2.19. The van der Waals surface area contributed by atoms with Crippen molar-refractivity contribution in [3.05, 3.63) is 0 Å². The van der Waals surface area contributed by atoms with E-state index in [1.54, 1.807) is 7.11 Å². The zero-order valence-electron chi connectivity index (χ0n) is 12.7. The summed E-state index contributed by atoms with van der Waals surface area (Å²) in [5, 5.41) is 13.4. The first-order valence-electron chi connectivity index (χ1n) is 7.21. The molecule has 1 fully saturated rings. The first-order valence-corrected chi connectivity index (χ1v) is 7.21. The number of nitrogens with one attached hydrogen (secondary N) is 1. The number of hydrogen-bond acceptors (Lipinski definition) is 5. The summed E-state index contributed by atoms with van der Waals surface area (Å²) < 4.78 is 10.4. The van der Waals surface area contributed by atoms with Crippen LogP contribution in [0.25, 0.3) is 0 Å². The van der Waals surface area contributed by atoms with Crippen LogP contribution in [-0.4, -0.2) is 75.8 Å². The molecule has 0 saturated carbocycles. The van der Waals surface area contributed by atoms with Gasteiger partial charge in [-0.3, -0.25) is 4.90 Å². The lowest BCUT2D eigenvalue weighted by Crippen LogP contribution is -2.44. The third-order valence-electron chi connectivity index (χ3n) is 3.54. The van der Waals surface area contributed by atoms with Gasteiger partial charge in [-0.2, -0.15) is 0 Å². The van der Waals surface area contributed by atoms with Crippen LogP contribution < -0.4 is 5.32 Å². The summed E-state index contributed by atoms with van der Waals surface area (Å²) in [4.78, 5) is 2.26. The second-order valence-electron chi connectivity index (χ2n) is 6.10. The minimum Gasteiger partial charge on any atom is -0.390 e. The molecular formula is C14H30N2O3. The minimum atomic E-state index is -0.309. The van der Waals surface area contributed by atoms with Crippen molar-refractivity contribution in [2.24, 2.45) is 5.41 Å². The summed E-state index contributed by atoms with van der Waals surface area (Å²) in [6.45, 7) is 10.9. The van der Waals surface area contributed by atoms with E-state index in [0.717, 1.165) is 52.4 Å². The Bertz CT molecular complexity index is 231. The largest absolute Gasteiger partial charge is 0.390 e. The molecular weight excluding hydrogens is 244 g/mol. The average molecular weight is 274 g/mol. The number of methoxy groups -OCH3 is 1. The van der Waals surface area contributed by atoms with Crippen LogP contribution in [0, 0.1) is 5.41 Å². The molecule has 1 saturated heterocycles. The second-order valence-corrected chi connectivity index (χ2v) is 6.10. The van der Waals surface area contributed by atoms with Gasteiger partial charge in [-0.05, 0) is 11.8 Å². The van der Waals surface area contributed by atoms with Crippen LogP contribution in [0.5, 0.6) is 0 Å². The highest BCUT2D eigenvalue weighted by Gasteiger charge is 2.19. The van der Waals surface area contributed by atoms with Crippen molar-refractivity contribution in [1.82, 2.24) is 10.2 Å². The molecule has 0 bridgehead atoms. The van der Waals surface area contributed by atoms with E-state index in [2.05, 4.69) is 24.1 Å². The van der Waals surface area contributed by atoms with Crippen molar-refractivity contribution in [3.8, 4) is 0 Å². The zero-order chi connectivity index (χ0) is 14.1. The predicted octanol–water partition coefficient (Wildman–Crippen LogP) is 0.332. The SMILES string of the molecule is COCCC(C)(C)CNCC(O)CN1CCOCC1. The highest BCUT2D eigenvalue weighted by molar-refractivity contribution is 4.74. The summed E-state index contributed by atoms with van der Waals surface area (Å²) >= 11 is 0. The van der Waals surface area contributed by atoms with Crippen LogP contribution >= 0.6 is 0 Å². The molecule has 1 aliphatic heterocycles. The van der Waals surface area contributed by atoms with Gasteiger partial charge in [-0.1, -0.05) is 13.8 Å². The lowest BCUT2D eigenvalue weighted by Gasteiger charge is -2.29. The average Bonchev–Trinajstić information content (AvgIpc) is 2.37. The van der Waals surface area contributed by atoms with E-state index < -0.39 is 0 Å². The monoisotopic (exact) mass is 274 g/mol. The van der Waals surface area contributed by atoms with Crippen molar-refractivity contribution in [3.63, 3.8) is 0 Å². The molecule has 5 heteroatoms. The molecule has 1 aliphatic rings. The molecule has 5 nitrogen and oxygen atoms in total. The molecule has 0 amide bonds. The summed E-state index contributed by atoms with van der Waals surface area (Å²) in [7, 11) is 1.73. The highest BCUT2D eigenvalue weighted by atomic mass is 16.5. The van der Waals surface area contributed by atoms with E-state index in [4.69, 9.17) is 9.47 Å². The number of morpholine rings is 1. The van der Waals surface area contributed by atoms with E-state index in [9.17, 15) is 5.11 Å². The van der Waals surface area contributed by atoms with Gasteiger partial charge in [0, 0.05) is 46.4 Å². The van der Waals surface area contributed by atoms with Gasteiger partial charge in [0.15, 0.2) is 0 Å². The molecule has 0 aromatic heterocycles. The molecule has 0 aromatic rings. The van der Waals surface area contributed by atoms with Crippen molar-refractivity contribution >= 4 is 0 Å². The second kappa shape index (κ2) is 8.87. The highest BCUT2D eigenvalue weighted by Crippen LogP contribution is 2.18. The number of aliphatic hydroxyl groups is 1. The van der Waals surface area contributed by atoms with Crippen LogP contribution in [0.1, 0.15) is 20.3 Å². The van der Waals surface area contributed by atoms with E-state index in [0.29, 0.717) is 6.54 Å². The van der Waals surface area contributed by atoms with E-state index in [-0.39, 0.29) is 11.5 Å². The van der Waals surface area contributed by atoms with Gasteiger partial charge in [0.2, 0.25) is 0 Å². The molecule has 0 radical (unpaired) electrons. The maximum atomic E-state index is 10.0. The zero-order valence-corrected chi connectivity index (χ0v) is 12.7. The number of ether oxygens (including phenoxy) is 2. The van der Waals surface area contributed by atoms with Gasteiger partial charge in [-0.25, -0.2) is 0 Å². The summed E-state index contributed by atoms with van der Waals surface area (Å²) in [6, 6.07) is 0. The molecule has 1 rings (SSSR count).